The first kappa shape index (κ1) is 37.0. The predicted octanol–water partition coefficient (Wildman–Crippen LogP) is 15.3. The van der Waals surface area contributed by atoms with Gasteiger partial charge in [-0.05, 0) is 152 Å². The first-order chi connectivity index (χ1) is 30.4. The summed E-state index contributed by atoms with van der Waals surface area (Å²) in [5.74, 6) is 0. The van der Waals surface area contributed by atoms with Crippen molar-refractivity contribution < 1.29 is 0 Å². The van der Waals surface area contributed by atoms with Crippen LogP contribution in [0.2, 0.25) is 0 Å². The molecule has 3 aliphatic rings. The molecule has 13 rings (SSSR count). The standard InChI is InChI=1S/C57H42N4S2/c1-55(2)41-23-31(47-21-17-33(29-58-47)53-60-49-11-7-9-13-51(49)62-53)15-19-35(41)37-25-45-39(27-43(37)55)40-28-44-38(26-46(40)57(45,5)6)36-20-16-32(24-42(36)56(44,3)4)48-22-18-34(30-59-48)54-61-50-12-8-10-14-52(50)63-54/h7-30H,1-6H3. The van der Waals surface area contributed by atoms with E-state index in [1.807, 2.05) is 24.5 Å². The Morgan fingerprint density at radius 1 is 0.349 bits per heavy atom. The van der Waals surface area contributed by atoms with Gasteiger partial charge in [0.25, 0.3) is 0 Å². The molecule has 10 aromatic rings. The fourth-order valence-corrected chi connectivity index (χ4v) is 12.8. The van der Waals surface area contributed by atoms with Crippen LogP contribution in [0.25, 0.3) is 97.5 Å². The van der Waals surface area contributed by atoms with Crippen LogP contribution >= 0.6 is 22.7 Å². The highest BCUT2D eigenvalue weighted by atomic mass is 32.1. The highest BCUT2D eigenvalue weighted by Crippen LogP contribution is 2.59. The first-order valence-electron chi connectivity index (χ1n) is 21.8. The summed E-state index contributed by atoms with van der Waals surface area (Å²) in [5, 5.41) is 2.00. The molecule has 63 heavy (non-hydrogen) atoms. The van der Waals surface area contributed by atoms with Crippen LogP contribution in [0.3, 0.4) is 0 Å². The van der Waals surface area contributed by atoms with Gasteiger partial charge in [0, 0.05) is 50.9 Å². The second kappa shape index (κ2) is 12.7. The molecule has 302 valence electrons. The maximum absolute atomic E-state index is 4.97. The minimum absolute atomic E-state index is 0.154. The second-order valence-electron chi connectivity index (χ2n) is 19.1. The number of hydrogen-bond acceptors (Lipinski definition) is 6. The van der Waals surface area contributed by atoms with Crippen molar-refractivity contribution in [1.82, 2.24) is 19.9 Å². The predicted molar refractivity (Wildman–Crippen MR) is 263 cm³/mol. The van der Waals surface area contributed by atoms with E-state index in [-0.39, 0.29) is 16.2 Å². The number of nitrogens with zero attached hydrogens (tertiary/aromatic N) is 4. The zero-order valence-electron chi connectivity index (χ0n) is 36.0. The summed E-state index contributed by atoms with van der Waals surface area (Å²) >= 11 is 3.43. The van der Waals surface area contributed by atoms with Crippen molar-refractivity contribution in [3.05, 3.63) is 179 Å². The third-order valence-electron chi connectivity index (χ3n) is 14.5. The van der Waals surface area contributed by atoms with E-state index < -0.39 is 0 Å². The zero-order chi connectivity index (χ0) is 42.6. The lowest BCUT2D eigenvalue weighted by Crippen LogP contribution is -2.17. The van der Waals surface area contributed by atoms with Gasteiger partial charge in [0.05, 0.1) is 31.8 Å². The van der Waals surface area contributed by atoms with Gasteiger partial charge < -0.3 is 0 Å². The van der Waals surface area contributed by atoms with Crippen molar-refractivity contribution in [2.45, 2.75) is 57.8 Å². The molecule has 0 N–H and O–H groups in total. The number of thiazole rings is 2. The molecule has 4 heterocycles. The lowest BCUT2D eigenvalue weighted by Gasteiger charge is -2.25. The summed E-state index contributed by atoms with van der Waals surface area (Å²) in [7, 11) is 0. The number of fused-ring (bicyclic) bond motifs is 11. The molecule has 4 aromatic heterocycles. The minimum Gasteiger partial charge on any atom is -0.256 e. The number of hydrogen-bond donors (Lipinski definition) is 0. The normalized spacial score (nSPS) is 15.5. The maximum atomic E-state index is 4.97. The molecule has 0 aliphatic heterocycles. The average molecular weight is 847 g/mol. The lowest BCUT2D eigenvalue weighted by atomic mass is 9.78. The Kier molecular flexibility index (Phi) is 7.49. The Morgan fingerprint density at radius 2 is 0.698 bits per heavy atom. The van der Waals surface area contributed by atoms with Crippen molar-refractivity contribution in [3.63, 3.8) is 0 Å². The Morgan fingerprint density at radius 3 is 1.06 bits per heavy atom. The van der Waals surface area contributed by atoms with Crippen LogP contribution in [0.5, 0.6) is 0 Å². The third kappa shape index (κ3) is 5.25. The number of para-hydroxylation sites is 2. The summed E-state index contributed by atoms with van der Waals surface area (Å²) in [6.45, 7) is 14.4. The quantitative estimate of drug-likeness (QED) is 0.177. The van der Waals surface area contributed by atoms with Gasteiger partial charge in [0.1, 0.15) is 10.0 Å². The molecule has 0 unspecified atom stereocenters. The number of aromatic nitrogens is 4. The first-order valence-corrected chi connectivity index (χ1v) is 23.4. The number of pyridine rings is 2. The van der Waals surface area contributed by atoms with Crippen LogP contribution in [0, 0.1) is 0 Å². The average Bonchev–Trinajstić information content (AvgIpc) is 4.08. The summed E-state index contributed by atoms with van der Waals surface area (Å²) < 4.78 is 2.39. The smallest absolute Gasteiger partial charge is 0.126 e. The molecule has 4 nitrogen and oxygen atoms in total. The van der Waals surface area contributed by atoms with Crippen molar-refractivity contribution in [2.24, 2.45) is 0 Å². The summed E-state index contributed by atoms with van der Waals surface area (Å²) in [6.07, 6.45) is 3.95. The molecule has 0 bridgehead atoms. The Labute approximate surface area is 375 Å². The van der Waals surface area contributed by atoms with Crippen LogP contribution in [0.4, 0.5) is 0 Å². The third-order valence-corrected chi connectivity index (χ3v) is 16.6. The largest absolute Gasteiger partial charge is 0.256 e. The molecule has 3 aliphatic carbocycles. The van der Waals surface area contributed by atoms with Crippen LogP contribution in [-0.4, -0.2) is 19.9 Å². The molecule has 0 fully saturated rings. The monoisotopic (exact) mass is 846 g/mol. The van der Waals surface area contributed by atoms with E-state index in [0.717, 1.165) is 54.7 Å². The van der Waals surface area contributed by atoms with E-state index in [0.29, 0.717) is 0 Å². The van der Waals surface area contributed by atoms with Gasteiger partial charge in [0.15, 0.2) is 0 Å². The Hall–Kier alpha value is -6.60. The Bertz CT molecular complexity index is 3280. The summed E-state index contributed by atoms with van der Waals surface area (Å²) in [5.41, 5.74) is 24.3. The molecule has 6 aromatic carbocycles. The molecule has 0 spiro atoms. The summed E-state index contributed by atoms with van der Waals surface area (Å²) in [6, 6.07) is 49.3. The highest BCUT2D eigenvalue weighted by Gasteiger charge is 2.44. The molecule has 0 amide bonds. The van der Waals surface area contributed by atoms with Crippen molar-refractivity contribution in [3.8, 4) is 77.0 Å². The van der Waals surface area contributed by atoms with Gasteiger partial charge in [-0.3, -0.25) is 9.97 Å². The van der Waals surface area contributed by atoms with Crippen LogP contribution in [0.1, 0.15) is 74.9 Å². The molecule has 6 heteroatoms. The van der Waals surface area contributed by atoms with E-state index in [4.69, 9.17) is 19.9 Å². The van der Waals surface area contributed by atoms with Crippen molar-refractivity contribution in [2.75, 3.05) is 0 Å². The topological polar surface area (TPSA) is 51.6 Å². The zero-order valence-corrected chi connectivity index (χ0v) is 37.6. The summed E-state index contributed by atoms with van der Waals surface area (Å²) in [4.78, 5) is 19.7. The van der Waals surface area contributed by atoms with E-state index in [1.54, 1.807) is 22.7 Å². The van der Waals surface area contributed by atoms with Crippen LogP contribution in [-0.2, 0) is 16.2 Å². The van der Waals surface area contributed by atoms with Crippen molar-refractivity contribution >= 4 is 43.1 Å². The lowest BCUT2D eigenvalue weighted by molar-refractivity contribution is 0.649. The Balaban J connectivity index is 0.829. The highest BCUT2D eigenvalue weighted by molar-refractivity contribution is 7.22. The fourth-order valence-electron chi connectivity index (χ4n) is 10.9. The van der Waals surface area contributed by atoms with Crippen LogP contribution < -0.4 is 0 Å². The minimum atomic E-state index is -0.174. The molecule has 0 saturated heterocycles. The van der Waals surface area contributed by atoms with Gasteiger partial charge in [-0.1, -0.05) is 90.1 Å². The molecular weight excluding hydrogens is 805 g/mol. The fraction of sp³-hybridized carbons (Fsp3) is 0.158. The van der Waals surface area contributed by atoms with Crippen molar-refractivity contribution in [1.29, 1.82) is 0 Å². The second-order valence-corrected chi connectivity index (χ2v) is 21.2. The van der Waals surface area contributed by atoms with E-state index in [2.05, 4.69) is 163 Å². The molecular formula is C57H42N4S2. The number of rotatable bonds is 4. The maximum Gasteiger partial charge on any atom is 0.126 e. The molecule has 0 saturated carbocycles. The molecule has 0 atom stereocenters. The van der Waals surface area contributed by atoms with Gasteiger partial charge in [0.2, 0.25) is 0 Å². The van der Waals surface area contributed by atoms with E-state index in [1.165, 1.54) is 76.2 Å². The van der Waals surface area contributed by atoms with Gasteiger partial charge >= 0.3 is 0 Å². The SMILES string of the molecule is CC1(C)c2cc(-c3ccc(-c4nc5ccccc5s4)cn3)ccc2-c2cc3c(cc21)-c1cc2c(cc1C3(C)C)-c1ccc(-c3ccc(-c4nc5ccccc5s4)cn3)cc1C2(C)C. The van der Waals surface area contributed by atoms with Gasteiger partial charge in [-0.15, -0.1) is 22.7 Å². The van der Waals surface area contributed by atoms with Crippen LogP contribution in [0.15, 0.2) is 146 Å². The van der Waals surface area contributed by atoms with E-state index in [9.17, 15) is 0 Å². The van der Waals surface area contributed by atoms with Gasteiger partial charge in [-0.2, -0.15) is 0 Å². The van der Waals surface area contributed by atoms with Gasteiger partial charge in [-0.25, -0.2) is 9.97 Å². The molecule has 0 radical (unpaired) electrons. The van der Waals surface area contributed by atoms with E-state index >= 15 is 0 Å². The number of benzene rings is 6.